The number of carbonyl (C=O) groups is 1. The average Bonchev–Trinajstić information content (AvgIpc) is 3.52. The van der Waals surface area contributed by atoms with Crippen molar-refractivity contribution in [1.82, 2.24) is 14.9 Å². The van der Waals surface area contributed by atoms with Gasteiger partial charge in [0, 0.05) is 49.3 Å². The number of sulfonamides is 1. The van der Waals surface area contributed by atoms with Gasteiger partial charge in [-0.3, -0.25) is 14.5 Å². The summed E-state index contributed by atoms with van der Waals surface area (Å²) in [4.78, 5) is 26.0. The molecule has 0 saturated heterocycles. The van der Waals surface area contributed by atoms with Crippen molar-refractivity contribution in [2.75, 3.05) is 57.6 Å². The summed E-state index contributed by atoms with van der Waals surface area (Å²) in [6.45, 7) is 1.85. The number of hydrogen-bond acceptors (Lipinski definition) is 9. The Labute approximate surface area is 257 Å². The minimum Gasteiger partial charge on any atom is -0.497 e. The van der Waals surface area contributed by atoms with Gasteiger partial charge in [-0.15, -0.1) is 12.4 Å². The molecule has 1 aliphatic carbocycles. The number of nitrogens with zero attached hydrogens (tertiary/aromatic N) is 4. The van der Waals surface area contributed by atoms with Crippen LogP contribution in [0.5, 0.6) is 11.6 Å². The van der Waals surface area contributed by atoms with E-state index >= 15 is 0 Å². The predicted molar refractivity (Wildman–Crippen MR) is 169 cm³/mol. The summed E-state index contributed by atoms with van der Waals surface area (Å²) in [5.74, 6) is 1.00. The lowest BCUT2D eigenvalue weighted by atomic mass is 9.93. The van der Waals surface area contributed by atoms with E-state index in [-0.39, 0.29) is 34.7 Å². The Morgan fingerprint density at radius 1 is 1.05 bits per heavy atom. The molecular weight excluding hydrogens is 590 g/mol. The molecule has 43 heavy (non-hydrogen) atoms. The molecule has 1 N–H and O–H groups in total. The third kappa shape index (κ3) is 5.72. The van der Waals surface area contributed by atoms with Crippen molar-refractivity contribution >= 4 is 50.5 Å². The van der Waals surface area contributed by atoms with Crippen LogP contribution >= 0.6 is 12.4 Å². The van der Waals surface area contributed by atoms with E-state index in [0.29, 0.717) is 30.9 Å². The molecule has 1 fully saturated rings. The fourth-order valence-electron chi connectivity index (χ4n) is 5.63. The first-order valence-corrected chi connectivity index (χ1v) is 15.2. The summed E-state index contributed by atoms with van der Waals surface area (Å²) in [6, 6.07) is 13.8. The minimum absolute atomic E-state index is 0. The summed E-state index contributed by atoms with van der Waals surface area (Å²) in [6.07, 6.45) is 4.80. The molecule has 1 unspecified atom stereocenters. The summed E-state index contributed by atoms with van der Waals surface area (Å²) in [5, 5.41) is 0.921. The van der Waals surface area contributed by atoms with E-state index < -0.39 is 15.4 Å². The van der Waals surface area contributed by atoms with Gasteiger partial charge in [-0.2, -0.15) is 0 Å². The van der Waals surface area contributed by atoms with Crippen molar-refractivity contribution in [3.05, 3.63) is 66.5 Å². The first kappa shape index (κ1) is 30.5. The molecule has 1 aliphatic heterocycles. The molecule has 10 nitrogen and oxygen atoms in total. The van der Waals surface area contributed by atoms with Gasteiger partial charge in [-0.1, -0.05) is 6.07 Å². The highest BCUT2D eigenvalue weighted by atomic mass is 35.5. The molecule has 3 heterocycles. The number of rotatable bonds is 10. The van der Waals surface area contributed by atoms with Crippen LogP contribution in [0.2, 0.25) is 0 Å². The molecule has 0 radical (unpaired) electrons. The molecule has 226 valence electrons. The molecule has 1 spiro atoms. The SMILES string of the molecule is COc1ccc(S(=O)(=O)Nc2cc(-c3ccc4ncc5c(c4c3)C3(CC3=O)CN5C)cnc2OCCCN(C)C)cc1.Cl. The van der Waals surface area contributed by atoms with Crippen molar-refractivity contribution in [2.45, 2.75) is 23.2 Å². The maximum Gasteiger partial charge on any atom is 0.262 e. The summed E-state index contributed by atoms with van der Waals surface area (Å²) in [7, 11) is 3.52. The first-order chi connectivity index (χ1) is 20.1. The van der Waals surface area contributed by atoms with E-state index in [1.54, 1.807) is 24.4 Å². The van der Waals surface area contributed by atoms with Crippen molar-refractivity contribution in [3.63, 3.8) is 0 Å². The quantitative estimate of drug-likeness (QED) is 0.255. The highest BCUT2D eigenvalue weighted by Crippen LogP contribution is 2.55. The van der Waals surface area contributed by atoms with E-state index in [9.17, 15) is 13.2 Å². The number of benzene rings is 2. The van der Waals surface area contributed by atoms with Gasteiger partial charge >= 0.3 is 0 Å². The van der Waals surface area contributed by atoms with Crippen molar-refractivity contribution in [2.24, 2.45) is 0 Å². The van der Waals surface area contributed by atoms with Crippen LogP contribution in [0.15, 0.2) is 65.8 Å². The number of hydrogen-bond donors (Lipinski definition) is 1. The molecule has 2 aliphatic rings. The Morgan fingerprint density at radius 2 is 1.79 bits per heavy atom. The Bertz CT molecular complexity index is 1800. The predicted octanol–water partition coefficient (Wildman–Crippen LogP) is 4.52. The maximum absolute atomic E-state index is 13.4. The fraction of sp³-hybridized carbons (Fsp3) is 0.323. The number of aromatic nitrogens is 2. The fourth-order valence-corrected chi connectivity index (χ4v) is 6.68. The van der Waals surface area contributed by atoms with Gasteiger partial charge in [0.2, 0.25) is 5.88 Å². The van der Waals surface area contributed by atoms with Crippen LogP contribution in [0.4, 0.5) is 11.4 Å². The average molecular weight is 624 g/mol. The summed E-state index contributed by atoms with van der Waals surface area (Å²) >= 11 is 0. The summed E-state index contributed by atoms with van der Waals surface area (Å²) in [5.41, 5.74) is 4.09. The van der Waals surface area contributed by atoms with Gasteiger partial charge < -0.3 is 19.3 Å². The smallest absolute Gasteiger partial charge is 0.262 e. The first-order valence-electron chi connectivity index (χ1n) is 13.7. The van der Waals surface area contributed by atoms with Gasteiger partial charge in [-0.05, 0) is 68.5 Å². The molecule has 1 atom stereocenters. The van der Waals surface area contributed by atoms with Crippen LogP contribution in [0.25, 0.3) is 22.0 Å². The molecule has 4 aromatic rings. The highest BCUT2D eigenvalue weighted by Gasteiger charge is 2.60. The Morgan fingerprint density at radius 3 is 2.47 bits per heavy atom. The number of fused-ring (bicyclic) bond motifs is 4. The number of likely N-dealkylation sites (N-methyl/N-ethyl adjacent to an activating group) is 1. The second-order valence-electron chi connectivity index (χ2n) is 11.2. The number of anilines is 2. The molecule has 2 aromatic carbocycles. The normalized spacial score (nSPS) is 17.2. The van der Waals surface area contributed by atoms with Crippen LogP contribution in [0.3, 0.4) is 0 Å². The van der Waals surface area contributed by atoms with E-state index in [0.717, 1.165) is 40.7 Å². The van der Waals surface area contributed by atoms with Crippen molar-refractivity contribution < 1.29 is 22.7 Å². The Hall–Kier alpha value is -3.93. The summed E-state index contributed by atoms with van der Waals surface area (Å²) < 4.78 is 40.6. The number of carbonyl (C=O) groups excluding carboxylic acids is 1. The van der Waals surface area contributed by atoms with Crippen LogP contribution in [0.1, 0.15) is 18.4 Å². The largest absolute Gasteiger partial charge is 0.497 e. The second-order valence-corrected chi connectivity index (χ2v) is 12.8. The lowest BCUT2D eigenvalue weighted by Gasteiger charge is -2.16. The highest BCUT2D eigenvalue weighted by molar-refractivity contribution is 7.92. The van der Waals surface area contributed by atoms with Crippen LogP contribution in [0, 0.1) is 0 Å². The van der Waals surface area contributed by atoms with E-state index in [4.69, 9.17) is 9.47 Å². The number of ether oxygens (including phenoxy) is 2. The van der Waals surface area contributed by atoms with Gasteiger partial charge in [0.05, 0.1) is 41.4 Å². The zero-order valence-electron chi connectivity index (χ0n) is 24.5. The Balaban J connectivity index is 0.00000368. The minimum atomic E-state index is -3.95. The molecule has 0 amide bonds. The number of Topliss-reactive ketones (excluding diaryl/α,β-unsaturated/α-hetero) is 1. The number of pyridine rings is 2. The third-order valence-corrected chi connectivity index (χ3v) is 9.28. The Kier molecular flexibility index (Phi) is 8.26. The van der Waals surface area contributed by atoms with Crippen molar-refractivity contribution in [1.29, 1.82) is 0 Å². The van der Waals surface area contributed by atoms with Gasteiger partial charge in [0.1, 0.15) is 17.2 Å². The molecule has 0 bridgehead atoms. The molecule has 2 aromatic heterocycles. The lowest BCUT2D eigenvalue weighted by molar-refractivity contribution is -0.111. The van der Waals surface area contributed by atoms with Gasteiger partial charge in [-0.25, -0.2) is 13.4 Å². The van der Waals surface area contributed by atoms with Crippen LogP contribution in [-0.2, 0) is 20.2 Å². The van der Waals surface area contributed by atoms with Gasteiger partial charge in [0.25, 0.3) is 10.0 Å². The number of ketones is 1. The van der Waals surface area contributed by atoms with Gasteiger partial charge in [0.15, 0.2) is 0 Å². The topological polar surface area (TPSA) is 114 Å². The van der Waals surface area contributed by atoms with Crippen LogP contribution in [-0.4, -0.2) is 77.0 Å². The third-order valence-electron chi connectivity index (χ3n) is 7.90. The standard InChI is InChI=1S/C31H33N5O5S.ClH/c1-35(2)12-5-13-41-30-26(34-42(38,39)23-9-7-22(40-4)8-10-23)15-21(17-33-30)20-6-11-25-24(14-20)29-27(18-32-25)36(3)19-31(29)16-28(31)37;/h6-11,14-15,17-18,34H,5,12-13,16,19H2,1-4H3;1H. The zero-order chi connectivity index (χ0) is 29.6. The number of halogens is 1. The lowest BCUT2D eigenvalue weighted by Crippen LogP contribution is -2.20. The van der Waals surface area contributed by atoms with Crippen molar-refractivity contribution in [3.8, 4) is 22.8 Å². The zero-order valence-corrected chi connectivity index (χ0v) is 26.1. The number of methoxy groups -OCH3 is 1. The van der Waals surface area contributed by atoms with E-state index in [1.165, 1.54) is 19.2 Å². The maximum atomic E-state index is 13.4. The number of nitrogens with one attached hydrogen (secondary N) is 1. The van der Waals surface area contributed by atoms with Crippen LogP contribution < -0.4 is 19.1 Å². The molecular formula is C31H34ClN5O5S. The van der Waals surface area contributed by atoms with E-state index in [1.807, 2.05) is 45.5 Å². The molecule has 6 rings (SSSR count). The second kappa shape index (κ2) is 11.6. The van der Waals surface area contributed by atoms with E-state index in [2.05, 4.69) is 24.5 Å². The molecule has 12 heteroatoms. The molecule has 1 saturated carbocycles. The monoisotopic (exact) mass is 623 g/mol.